The Bertz CT molecular complexity index is 493. The Morgan fingerprint density at radius 2 is 2.05 bits per heavy atom. The molecule has 0 aliphatic rings. The lowest BCUT2D eigenvalue weighted by molar-refractivity contribution is -0.151. The van der Waals surface area contributed by atoms with Gasteiger partial charge in [-0.3, -0.25) is 5.32 Å². The van der Waals surface area contributed by atoms with Gasteiger partial charge in [-0.05, 0) is 26.8 Å². The van der Waals surface area contributed by atoms with E-state index in [2.05, 4.69) is 11.2 Å². The fourth-order valence-corrected chi connectivity index (χ4v) is 1.94. The zero-order valence-electron chi connectivity index (χ0n) is 12.2. The van der Waals surface area contributed by atoms with Gasteiger partial charge < -0.3 is 9.47 Å². The molecule has 4 heteroatoms. The van der Waals surface area contributed by atoms with Crippen molar-refractivity contribution in [2.24, 2.45) is 0 Å². The van der Waals surface area contributed by atoms with Crippen LogP contribution in [0.3, 0.4) is 0 Å². The van der Waals surface area contributed by atoms with Gasteiger partial charge in [-0.25, -0.2) is 4.79 Å². The lowest BCUT2D eigenvalue weighted by Gasteiger charge is -2.29. The molecule has 0 aliphatic carbocycles. The van der Waals surface area contributed by atoms with E-state index in [-0.39, 0.29) is 12.5 Å². The van der Waals surface area contributed by atoms with Crippen molar-refractivity contribution in [3.05, 3.63) is 29.8 Å². The van der Waals surface area contributed by atoms with Crippen LogP contribution in [0.5, 0.6) is 5.75 Å². The molecule has 0 saturated carbocycles. The van der Waals surface area contributed by atoms with E-state index in [0.717, 1.165) is 5.56 Å². The van der Waals surface area contributed by atoms with Gasteiger partial charge in [-0.15, -0.1) is 6.42 Å². The fourth-order valence-electron chi connectivity index (χ4n) is 1.94. The third-order valence-corrected chi connectivity index (χ3v) is 2.95. The number of rotatable bonds is 7. The van der Waals surface area contributed by atoms with Crippen molar-refractivity contribution < 1.29 is 14.3 Å². The van der Waals surface area contributed by atoms with Crippen LogP contribution in [0.15, 0.2) is 24.3 Å². The lowest BCUT2D eigenvalue weighted by atomic mass is 9.91. The highest BCUT2D eigenvalue weighted by Gasteiger charge is 2.38. The Hall–Kier alpha value is -1.99. The normalized spacial score (nSPS) is 13.1. The minimum Gasteiger partial charge on any atom is -0.494 e. The molecule has 0 saturated heterocycles. The molecule has 1 aromatic carbocycles. The van der Waals surface area contributed by atoms with Crippen molar-refractivity contribution in [2.75, 3.05) is 19.8 Å². The van der Waals surface area contributed by atoms with Gasteiger partial charge in [0.05, 0.1) is 19.8 Å². The number of nitrogens with one attached hydrogen (secondary N) is 1. The molecule has 20 heavy (non-hydrogen) atoms. The fraction of sp³-hybridized carbons (Fsp3) is 0.438. The van der Waals surface area contributed by atoms with Gasteiger partial charge in [0.25, 0.3) is 0 Å². The van der Waals surface area contributed by atoms with E-state index in [0.29, 0.717) is 19.0 Å². The third-order valence-electron chi connectivity index (χ3n) is 2.95. The van der Waals surface area contributed by atoms with Gasteiger partial charge in [0.2, 0.25) is 0 Å². The summed E-state index contributed by atoms with van der Waals surface area (Å²) in [6.07, 6.45) is 5.29. The van der Waals surface area contributed by atoms with E-state index in [4.69, 9.17) is 15.9 Å². The van der Waals surface area contributed by atoms with Crippen LogP contribution in [0, 0.1) is 12.3 Å². The number of hydrogen-bond donors (Lipinski definition) is 1. The monoisotopic (exact) mass is 275 g/mol. The number of esters is 1. The van der Waals surface area contributed by atoms with E-state index < -0.39 is 5.54 Å². The Morgan fingerprint density at radius 1 is 1.35 bits per heavy atom. The summed E-state index contributed by atoms with van der Waals surface area (Å²) in [5, 5.41) is 3.05. The number of para-hydroxylation sites is 1. The van der Waals surface area contributed by atoms with Crippen LogP contribution in [-0.4, -0.2) is 25.7 Å². The summed E-state index contributed by atoms with van der Waals surface area (Å²) in [4.78, 5) is 12.3. The van der Waals surface area contributed by atoms with Gasteiger partial charge in [0, 0.05) is 5.56 Å². The minimum absolute atomic E-state index is 0.260. The molecule has 108 valence electrons. The second-order valence-electron chi connectivity index (χ2n) is 4.33. The Balaban J connectivity index is 3.23. The first-order chi connectivity index (χ1) is 9.60. The maximum Gasteiger partial charge on any atom is 0.330 e. The Kier molecular flexibility index (Phi) is 6.08. The molecule has 0 fully saturated rings. The molecule has 0 heterocycles. The van der Waals surface area contributed by atoms with Crippen molar-refractivity contribution in [3.63, 3.8) is 0 Å². The van der Waals surface area contributed by atoms with Crippen LogP contribution in [0.2, 0.25) is 0 Å². The highest BCUT2D eigenvalue weighted by Crippen LogP contribution is 2.31. The number of carbonyl (C=O) groups excluding carboxylic acids is 1. The van der Waals surface area contributed by atoms with E-state index in [9.17, 15) is 4.79 Å². The first-order valence-corrected chi connectivity index (χ1v) is 6.68. The molecule has 0 amide bonds. The summed E-state index contributed by atoms with van der Waals surface area (Å²) in [6, 6.07) is 7.38. The highest BCUT2D eigenvalue weighted by molar-refractivity contribution is 5.83. The largest absolute Gasteiger partial charge is 0.494 e. The number of carbonyl (C=O) groups is 1. The molecule has 1 rings (SSSR count). The van der Waals surface area contributed by atoms with E-state index >= 15 is 0 Å². The quantitative estimate of drug-likeness (QED) is 0.611. The number of hydrogen-bond acceptors (Lipinski definition) is 4. The first-order valence-electron chi connectivity index (χ1n) is 6.68. The maximum absolute atomic E-state index is 12.3. The molecular formula is C16H21NO3. The predicted octanol–water partition coefficient (Wildman–Crippen LogP) is 2.09. The van der Waals surface area contributed by atoms with Gasteiger partial charge >= 0.3 is 5.97 Å². The molecule has 1 N–H and O–H groups in total. The lowest BCUT2D eigenvalue weighted by Crippen LogP contribution is -2.48. The zero-order chi connectivity index (χ0) is 15.0. The van der Waals surface area contributed by atoms with E-state index in [1.54, 1.807) is 13.8 Å². The molecule has 1 unspecified atom stereocenters. The summed E-state index contributed by atoms with van der Waals surface area (Å²) < 4.78 is 10.8. The zero-order valence-corrected chi connectivity index (χ0v) is 12.2. The summed E-state index contributed by atoms with van der Waals surface area (Å²) in [7, 11) is 0. The molecule has 0 radical (unpaired) electrons. The Morgan fingerprint density at radius 3 is 2.65 bits per heavy atom. The molecular weight excluding hydrogens is 254 g/mol. The number of benzene rings is 1. The van der Waals surface area contributed by atoms with Crippen LogP contribution < -0.4 is 10.1 Å². The first kappa shape index (κ1) is 16.1. The van der Waals surface area contributed by atoms with Crippen LogP contribution in [0.1, 0.15) is 26.3 Å². The minimum atomic E-state index is -1.03. The third kappa shape index (κ3) is 3.52. The average Bonchev–Trinajstić information content (AvgIpc) is 2.46. The second kappa shape index (κ2) is 7.56. The van der Waals surface area contributed by atoms with E-state index in [1.807, 2.05) is 31.2 Å². The topological polar surface area (TPSA) is 47.6 Å². The molecule has 4 nitrogen and oxygen atoms in total. The maximum atomic E-state index is 12.3. The van der Waals surface area contributed by atoms with Crippen LogP contribution in [0.4, 0.5) is 0 Å². The molecule has 0 aromatic heterocycles. The highest BCUT2D eigenvalue weighted by atomic mass is 16.5. The summed E-state index contributed by atoms with van der Waals surface area (Å²) in [5.41, 5.74) is -0.315. The van der Waals surface area contributed by atoms with Gasteiger partial charge in [-0.1, -0.05) is 24.1 Å². The van der Waals surface area contributed by atoms with Crippen molar-refractivity contribution >= 4 is 5.97 Å². The molecule has 0 aliphatic heterocycles. The van der Waals surface area contributed by atoms with Crippen molar-refractivity contribution in [2.45, 2.75) is 26.3 Å². The Labute approximate surface area is 120 Å². The average molecular weight is 275 g/mol. The van der Waals surface area contributed by atoms with Crippen LogP contribution in [0.25, 0.3) is 0 Å². The smallest absolute Gasteiger partial charge is 0.330 e. The molecule has 1 aromatic rings. The summed E-state index contributed by atoms with van der Waals surface area (Å²) in [6.45, 7) is 6.51. The van der Waals surface area contributed by atoms with Crippen molar-refractivity contribution in [1.29, 1.82) is 0 Å². The van der Waals surface area contributed by atoms with E-state index in [1.165, 1.54) is 0 Å². The summed E-state index contributed by atoms with van der Waals surface area (Å²) in [5.74, 6) is 2.76. The summed E-state index contributed by atoms with van der Waals surface area (Å²) >= 11 is 0. The second-order valence-corrected chi connectivity index (χ2v) is 4.33. The van der Waals surface area contributed by atoms with Crippen LogP contribution in [-0.2, 0) is 15.1 Å². The van der Waals surface area contributed by atoms with Crippen LogP contribution >= 0.6 is 0 Å². The SMILES string of the molecule is C#CCNC(C)(C(=O)OCC)c1ccccc1OCC. The van der Waals surface area contributed by atoms with Gasteiger partial charge in [-0.2, -0.15) is 0 Å². The number of ether oxygens (including phenoxy) is 2. The molecule has 0 spiro atoms. The molecule has 1 atom stereocenters. The predicted molar refractivity (Wildman–Crippen MR) is 78.4 cm³/mol. The van der Waals surface area contributed by atoms with Gasteiger partial charge in [0.15, 0.2) is 0 Å². The van der Waals surface area contributed by atoms with Crippen molar-refractivity contribution in [1.82, 2.24) is 5.32 Å². The van der Waals surface area contributed by atoms with Crippen molar-refractivity contribution in [3.8, 4) is 18.1 Å². The van der Waals surface area contributed by atoms with Gasteiger partial charge in [0.1, 0.15) is 11.3 Å². The number of terminal acetylenes is 1. The molecule has 0 bridgehead atoms. The standard InChI is InChI=1S/C16H21NO3/c1-5-12-17-16(4,15(18)20-7-3)13-10-8-9-11-14(13)19-6-2/h1,8-11,17H,6-7,12H2,2-4H3.